The van der Waals surface area contributed by atoms with Gasteiger partial charge >= 0.3 is 5.97 Å². The number of fused-ring (bicyclic) bond motifs is 3. The first-order valence-electron chi connectivity index (χ1n) is 20.8. The van der Waals surface area contributed by atoms with E-state index in [1.807, 2.05) is 32.9 Å². The molecule has 2 saturated heterocycles. The molecule has 0 aromatic heterocycles. The standard InChI is InChI=1S/C43H68ClNO11/c1-10-30-18-24(2)17-25(3)19-36(53-8)39-37(54-9)21-27(5)43(51,56-39)40(48)41(49)45-16-12-11-13-32(45)42(50)55-38(28(6)33(46)23-34(30)47)26(4)20-29-14-15-31(44)35(22-29)52-7/h18,20,24-25,27-29,31-33,35-39,46,51H,10-17,19,21-23H2,1-9H3/b26-20?,30-18-/t24?,25-,27+,28+,29-,31-,32-,33-,35+,36-,37-,38+,39+,43+/m0/s1. The van der Waals surface area contributed by atoms with Crippen LogP contribution in [-0.4, -0.2) is 120 Å². The van der Waals surface area contributed by atoms with Gasteiger partial charge in [0, 0.05) is 46.1 Å². The molecule has 2 bridgehead atoms. The molecule has 2 N–H and O–H groups in total. The zero-order valence-electron chi connectivity index (χ0n) is 35.0. The minimum Gasteiger partial charge on any atom is -0.456 e. The highest BCUT2D eigenvalue weighted by Gasteiger charge is 2.56. The highest BCUT2D eigenvalue weighted by molar-refractivity contribution is 6.39. The summed E-state index contributed by atoms with van der Waals surface area (Å²) in [6.07, 6.45) is 5.14. The lowest BCUT2D eigenvalue weighted by molar-refractivity contribution is -0.302. The predicted molar refractivity (Wildman–Crippen MR) is 212 cm³/mol. The molecule has 4 aliphatic rings. The monoisotopic (exact) mass is 809 g/mol. The summed E-state index contributed by atoms with van der Waals surface area (Å²) in [6.45, 7) is 11.4. The molecule has 0 aromatic carbocycles. The minimum atomic E-state index is -2.49. The number of ketones is 2. The molecule has 14 atom stereocenters. The van der Waals surface area contributed by atoms with E-state index in [0.29, 0.717) is 49.7 Å². The predicted octanol–water partition coefficient (Wildman–Crippen LogP) is 5.72. The quantitative estimate of drug-likeness (QED) is 0.146. The maximum atomic E-state index is 14.3. The van der Waals surface area contributed by atoms with E-state index in [-0.39, 0.29) is 60.8 Å². The van der Waals surface area contributed by atoms with E-state index in [2.05, 4.69) is 6.92 Å². The van der Waals surface area contributed by atoms with Crippen LogP contribution in [0.25, 0.3) is 0 Å². The Bertz CT molecular complexity index is 1440. The number of halogens is 1. The van der Waals surface area contributed by atoms with Gasteiger partial charge in [-0.2, -0.15) is 0 Å². The second-order valence-corrected chi connectivity index (χ2v) is 17.6. The number of piperidine rings is 1. The summed E-state index contributed by atoms with van der Waals surface area (Å²) in [5, 5.41) is 23.6. The lowest BCUT2D eigenvalue weighted by Crippen LogP contribution is -2.64. The third-order valence-electron chi connectivity index (χ3n) is 12.8. The number of carbonyl (C=O) groups excluding carboxylic acids is 4. The molecule has 56 heavy (non-hydrogen) atoms. The van der Waals surface area contributed by atoms with Crippen molar-refractivity contribution < 1.29 is 53.1 Å². The minimum absolute atomic E-state index is 0.00186. The van der Waals surface area contributed by atoms with Crippen molar-refractivity contribution in [3.8, 4) is 0 Å². The van der Waals surface area contributed by atoms with E-state index < -0.39 is 71.8 Å². The molecular formula is C43H68ClNO11. The molecule has 12 nitrogen and oxygen atoms in total. The Morgan fingerprint density at radius 1 is 0.946 bits per heavy atom. The van der Waals surface area contributed by atoms with Crippen LogP contribution >= 0.6 is 11.6 Å². The number of cyclic esters (lactones) is 1. The summed E-state index contributed by atoms with van der Waals surface area (Å²) in [7, 11) is 4.72. The summed E-state index contributed by atoms with van der Waals surface area (Å²) < 4.78 is 29.9. The van der Waals surface area contributed by atoms with Gasteiger partial charge in [-0.3, -0.25) is 14.4 Å². The number of rotatable bonds is 6. The van der Waals surface area contributed by atoms with Gasteiger partial charge < -0.3 is 38.8 Å². The number of hydrogen-bond donors (Lipinski definition) is 2. The third kappa shape index (κ3) is 10.9. The van der Waals surface area contributed by atoms with E-state index in [0.717, 1.165) is 12.8 Å². The van der Waals surface area contributed by atoms with Crippen molar-refractivity contribution in [2.24, 2.45) is 29.6 Å². The van der Waals surface area contributed by atoms with Gasteiger partial charge in [-0.1, -0.05) is 46.8 Å². The van der Waals surface area contributed by atoms with Crippen LogP contribution in [0.2, 0.25) is 0 Å². The van der Waals surface area contributed by atoms with Crippen molar-refractivity contribution in [2.75, 3.05) is 27.9 Å². The Balaban J connectivity index is 1.76. The summed E-state index contributed by atoms with van der Waals surface area (Å²) in [6, 6.07) is -1.12. The fourth-order valence-corrected chi connectivity index (χ4v) is 9.72. The number of esters is 1. The topological polar surface area (TPSA) is 158 Å². The van der Waals surface area contributed by atoms with Crippen LogP contribution in [0.5, 0.6) is 0 Å². The van der Waals surface area contributed by atoms with Gasteiger partial charge in [-0.05, 0) is 100 Å². The summed E-state index contributed by atoms with van der Waals surface area (Å²) in [5.74, 6) is -6.93. The number of nitrogens with zero attached hydrogens (tertiary/aromatic N) is 1. The molecule has 0 aromatic rings. The molecule has 3 heterocycles. The molecule has 1 aliphatic carbocycles. The van der Waals surface area contributed by atoms with E-state index in [1.165, 1.54) is 19.1 Å². The smallest absolute Gasteiger partial charge is 0.329 e. The second-order valence-electron chi connectivity index (χ2n) is 17.1. The highest BCUT2D eigenvalue weighted by Crippen LogP contribution is 2.39. The Morgan fingerprint density at radius 3 is 2.25 bits per heavy atom. The molecular weight excluding hydrogens is 742 g/mol. The van der Waals surface area contributed by atoms with Crippen molar-refractivity contribution >= 4 is 35.0 Å². The first kappa shape index (κ1) is 46.5. The average molecular weight is 810 g/mol. The largest absolute Gasteiger partial charge is 0.456 e. The van der Waals surface area contributed by atoms with Crippen LogP contribution in [0.3, 0.4) is 0 Å². The lowest BCUT2D eigenvalue weighted by atomic mass is 9.81. The fourth-order valence-electron chi connectivity index (χ4n) is 9.39. The van der Waals surface area contributed by atoms with Gasteiger partial charge in [0.2, 0.25) is 5.79 Å². The van der Waals surface area contributed by atoms with Gasteiger partial charge in [-0.25, -0.2) is 4.79 Å². The third-order valence-corrected chi connectivity index (χ3v) is 13.3. The molecule has 0 spiro atoms. The van der Waals surface area contributed by atoms with Gasteiger partial charge in [0.15, 0.2) is 5.78 Å². The van der Waals surface area contributed by atoms with Crippen LogP contribution in [0.1, 0.15) is 112 Å². The Labute approximate surface area is 339 Å². The van der Waals surface area contributed by atoms with Gasteiger partial charge in [0.25, 0.3) is 11.7 Å². The molecule has 13 heteroatoms. The SMILES string of the molecule is CC/C1=C/C(C)C[C@H](C)C[C@H](OC)[C@H]2O[C@@](O)(C(=O)C(=O)N3CCCC[C@H]3C(=O)O[C@H](C(C)=C[C@@H]3CC[C@H](Cl)[C@H](OC)C3)[C@H](C)[C@@H](O)CC1=O)[C@H](C)C[C@@H]2OC. The molecule has 1 saturated carbocycles. The van der Waals surface area contributed by atoms with Crippen LogP contribution in [0.4, 0.5) is 0 Å². The van der Waals surface area contributed by atoms with Crippen molar-refractivity contribution in [2.45, 2.75) is 166 Å². The second kappa shape index (κ2) is 20.7. The highest BCUT2D eigenvalue weighted by atomic mass is 35.5. The number of alkyl halides is 1. The van der Waals surface area contributed by atoms with E-state index in [9.17, 15) is 29.4 Å². The fraction of sp³-hybridized carbons (Fsp3) is 0.814. The van der Waals surface area contributed by atoms with Crippen LogP contribution in [0, 0.1) is 29.6 Å². The summed E-state index contributed by atoms with van der Waals surface area (Å²) >= 11 is 6.52. The van der Waals surface area contributed by atoms with Gasteiger partial charge in [0.05, 0.1) is 29.8 Å². The molecule has 1 amide bonds. The normalized spacial score (nSPS) is 41.6. The van der Waals surface area contributed by atoms with Crippen molar-refractivity contribution in [1.29, 1.82) is 0 Å². The number of hydrogen-bond acceptors (Lipinski definition) is 11. The number of ether oxygens (including phenoxy) is 5. The van der Waals surface area contributed by atoms with Gasteiger partial charge in [0.1, 0.15) is 18.2 Å². The first-order valence-corrected chi connectivity index (χ1v) is 21.2. The van der Waals surface area contributed by atoms with E-state index in [4.69, 9.17) is 35.3 Å². The van der Waals surface area contributed by atoms with Crippen LogP contribution in [0.15, 0.2) is 23.3 Å². The Hall–Kier alpha value is -2.19. The molecule has 3 aliphatic heterocycles. The molecule has 0 radical (unpaired) electrons. The zero-order valence-corrected chi connectivity index (χ0v) is 35.8. The molecule has 3 fully saturated rings. The maximum absolute atomic E-state index is 14.3. The van der Waals surface area contributed by atoms with Crippen molar-refractivity contribution in [3.63, 3.8) is 0 Å². The van der Waals surface area contributed by atoms with E-state index in [1.54, 1.807) is 21.0 Å². The maximum Gasteiger partial charge on any atom is 0.329 e. The number of Topliss-reactive ketones (excluding diaryl/α,β-unsaturated/α-hetero) is 2. The number of aliphatic hydroxyl groups is 2. The number of aliphatic hydroxyl groups excluding tert-OH is 1. The molecule has 318 valence electrons. The number of allylic oxidation sites excluding steroid dienone is 3. The van der Waals surface area contributed by atoms with Crippen molar-refractivity contribution in [3.05, 3.63) is 23.3 Å². The number of amides is 1. The Kier molecular flexibility index (Phi) is 17.2. The molecule has 1 unspecified atom stereocenters. The first-order chi connectivity index (χ1) is 26.5. The zero-order chi connectivity index (χ0) is 41.5. The van der Waals surface area contributed by atoms with E-state index >= 15 is 0 Å². The number of methoxy groups -OCH3 is 3. The average Bonchev–Trinajstić information content (AvgIpc) is 3.18. The number of carbonyl (C=O) groups is 4. The molecule has 4 rings (SSSR count). The van der Waals surface area contributed by atoms with Crippen molar-refractivity contribution in [1.82, 2.24) is 4.90 Å². The summed E-state index contributed by atoms with van der Waals surface area (Å²) in [5.41, 5.74) is 1.32. The van der Waals surface area contributed by atoms with Crippen LogP contribution in [-0.2, 0) is 42.9 Å². The van der Waals surface area contributed by atoms with Crippen LogP contribution < -0.4 is 0 Å². The van der Waals surface area contributed by atoms with Gasteiger partial charge in [-0.15, -0.1) is 11.6 Å². The lowest BCUT2D eigenvalue weighted by Gasteiger charge is -2.47. The summed E-state index contributed by atoms with van der Waals surface area (Å²) in [4.78, 5) is 57.7. The Morgan fingerprint density at radius 2 is 1.61 bits per heavy atom.